The van der Waals surface area contributed by atoms with Crippen molar-refractivity contribution in [1.82, 2.24) is 14.8 Å². The Kier molecular flexibility index (Phi) is 5.41. The molecule has 0 fully saturated rings. The van der Waals surface area contributed by atoms with Crippen molar-refractivity contribution < 1.29 is 0 Å². The molecule has 5 aromatic rings. The molecule has 2 aromatic heterocycles. The second kappa shape index (κ2) is 8.38. The van der Waals surface area contributed by atoms with Gasteiger partial charge in [0.15, 0.2) is 0 Å². The van der Waals surface area contributed by atoms with Crippen LogP contribution in [-0.4, -0.2) is 14.8 Å². The minimum Gasteiger partial charge on any atom is -0.218 e. The molecule has 0 aliphatic rings. The Morgan fingerprint density at radius 1 is 0.688 bits per heavy atom. The van der Waals surface area contributed by atoms with Crippen molar-refractivity contribution in [2.24, 2.45) is 0 Å². The highest BCUT2D eigenvalue weighted by Gasteiger charge is 2.23. The van der Waals surface area contributed by atoms with Crippen LogP contribution in [0.2, 0.25) is 5.02 Å². The first kappa shape index (κ1) is 20.7. The van der Waals surface area contributed by atoms with Crippen LogP contribution >= 0.6 is 22.9 Å². The van der Waals surface area contributed by atoms with Crippen molar-refractivity contribution in [2.75, 3.05) is 0 Å². The third-order valence-electron chi connectivity index (χ3n) is 5.49. The molecule has 0 spiro atoms. The van der Waals surface area contributed by atoms with E-state index in [1.165, 1.54) is 11.1 Å². The van der Waals surface area contributed by atoms with Crippen molar-refractivity contribution in [3.63, 3.8) is 0 Å². The van der Waals surface area contributed by atoms with E-state index in [1.807, 2.05) is 22.9 Å². The fourth-order valence-corrected chi connectivity index (χ4v) is 4.96. The van der Waals surface area contributed by atoms with Gasteiger partial charge in [-0.3, -0.25) is 0 Å². The molecule has 0 saturated carbocycles. The van der Waals surface area contributed by atoms with E-state index in [1.54, 1.807) is 11.3 Å². The van der Waals surface area contributed by atoms with E-state index in [0.717, 1.165) is 43.8 Å². The summed E-state index contributed by atoms with van der Waals surface area (Å²) in [5.74, 6) is 0. The van der Waals surface area contributed by atoms with Crippen molar-refractivity contribution in [2.45, 2.75) is 20.8 Å². The molecule has 0 N–H and O–H groups in total. The minimum atomic E-state index is 0.631. The molecule has 0 aliphatic heterocycles. The fraction of sp³-hybridized carbons (Fsp3) is 0.111. The number of rotatable bonds is 4. The monoisotopic (exact) mass is 455 g/mol. The van der Waals surface area contributed by atoms with Gasteiger partial charge in [-0.1, -0.05) is 113 Å². The van der Waals surface area contributed by atoms with E-state index in [2.05, 4.69) is 81.4 Å². The molecule has 0 radical (unpaired) electrons. The van der Waals surface area contributed by atoms with E-state index in [9.17, 15) is 0 Å². The minimum absolute atomic E-state index is 0.631. The van der Waals surface area contributed by atoms with Gasteiger partial charge in [0.2, 0.25) is 5.13 Å². The number of aromatic nitrogens is 3. The van der Waals surface area contributed by atoms with E-state index in [0.29, 0.717) is 5.02 Å². The number of thiazole rings is 1. The van der Waals surface area contributed by atoms with Gasteiger partial charge in [0.25, 0.3) is 0 Å². The SMILES string of the molecule is Cc1ccc(-c2nn(-c3nc(-c4ccccc4)c(C)s3)c(-c3ccc(C)cc3)c2Cl)cc1. The number of aryl methyl sites for hydroxylation is 3. The predicted octanol–water partition coefficient (Wildman–Crippen LogP) is 7.91. The highest BCUT2D eigenvalue weighted by atomic mass is 35.5. The maximum Gasteiger partial charge on any atom is 0.211 e. The van der Waals surface area contributed by atoms with Gasteiger partial charge in [-0.15, -0.1) is 0 Å². The Morgan fingerprint density at radius 3 is 1.88 bits per heavy atom. The lowest BCUT2D eigenvalue weighted by atomic mass is 10.1. The Morgan fingerprint density at radius 2 is 1.25 bits per heavy atom. The first-order valence-corrected chi connectivity index (χ1v) is 11.7. The predicted molar refractivity (Wildman–Crippen MR) is 135 cm³/mol. The molecule has 0 saturated heterocycles. The maximum absolute atomic E-state index is 6.99. The lowest BCUT2D eigenvalue weighted by Crippen LogP contribution is -1.99. The number of hydrogen-bond acceptors (Lipinski definition) is 3. The van der Waals surface area contributed by atoms with Gasteiger partial charge in [-0.25, -0.2) is 9.67 Å². The summed E-state index contributed by atoms with van der Waals surface area (Å²) < 4.78 is 1.90. The summed E-state index contributed by atoms with van der Waals surface area (Å²) in [7, 11) is 0. The normalized spacial score (nSPS) is 11.1. The first-order chi connectivity index (χ1) is 15.5. The van der Waals surface area contributed by atoms with E-state index in [4.69, 9.17) is 21.7 Å². The summed E-state index contributed by atoms with van der Waals surface area (Å²) in [4.78, 5) is 6.12. The van der Waals surface area contributed by atoms with Crippen LogP contribution in [0.3, 0.4) is 0 Å². The maximum atomic E-state index is 6.99. The molecule has 0 bridgehead atoms. The Balaban J connectivity index is 1.72. The van der Waals surface area contributed by atoms with Gasteiger partial charge in [0, 0.05) is 21.6 Å². The zero-order valence-corrected chi connectivity index (χ0v) is 19.7. The summed E-state index contributed by atoms with van der Waals surface area (Å²) in [5.41, 5.74) is 8.10. The fourth-order valence-electron chi connectivity index (χ4n) is 3.73. The molecule has 0 aliphatic carbocycles. The second-order valence-electron chi connectivity index (χ2n) is 7.92. The standard InChI is InChI=1S/C27H22ClN3S/c1-17-9-13-21(14-10-17)25-23(28)26(22-15-11-18(2)12-16-22)31(30-25)27-29-24(19(3)32-27)20-7-5-4-6-8-20/h4-16H,1-3H3. The smallest absolute Gasteiger partial charge is 0.211 e. The Labute approximate surface area is 197 Å². The highest BCUT2D eigenvalue weighted by Crippen LogP contribution is 2.40. The quantitative estimate of drug-likeness (QED) is 0.275. The molecule has 2 heterocycles. The van der Waals surface area contributed by atoms with Crippen LogP contribution in [0.1, 0.15) is 16.0 Å². The van der Waals surface area contributed by atoms with Crippen LogP contribution in [0.5, 0.6) is 0 Å². The van der Waals surface area contributed by atoms with Gasteiger partial charge in [0.05, 0.1) is 16.4 Å². The first-order valence-electron chi connectivity index (χ1n) is 10.5. The zero-order chi connectivity index (χ0) is 22.2. The van der Waals surface area contributed by atoms with Crippen molar-refractivity contribution >= 4 is 22.9 Å². The molecule has 32 heavy (non-hydrogen) atoms. The highest BCUT2D eigenvalue weighted by molar-refractivity contribution is 7.14. The largest absolute Gasteiger partial charge is 0.218 e. The molecular weight excluding hydrogens is 434 g/mol. The summed E-state index contributed by atoms with van der Waals surface area (Å²) >= 11 is 8.61. The molecule has 5 heteroatoms. The Hall–Kier alpha value is -3.21. The number of benzene rings is 3. The van der Waals surface area contributed by atoms with Crippen LogP contribution in [0.4, 0.5) is 0 Å². The topological polar surface area (TPSA) is 30.7 Å². The Bertz CT molecular complexity index is 1380. The van der Waals surface area contributed by atoms with Crippen molar-refractivity contribution in [3.05, 3.63) is 99.9 Å². The van der Waals surface area contributed by atoms with Gasteiger partial charge < -0.3 is 0 Å². The number of nitrogens with zero attached hydrogens (tertiary/aromatic N) is 3. The van der Waals surface area contributed by atoms with Crippen LogP contribution in [0, 0.1) is 20.8 Å². The zero-order valence-electron chi connectivity index (χ0n) is 18.1. The summed E-state index contributed by atoms with van der Waals surface area (Å²) in [6, 6.07) is 26.9. The second-order valence-corrected chi connectivity index (χ2v) is 9.48. The molecule has 0 amide bonds. The van der Waals surface area contributed by atoms with Crippen LogP contribution in [0.25, 0.3) is 38.9 Å². The summed E-state index contributed by atoms with van der Waals surface area (Å²) in [5, 5.41) is 6.39. The molecular formula is C27H22ClN3S. The van der Waals surface area contributed by atoms with Gasteiger partial charge in [-0.2, -0.15) is 5.10 Å². The molecule has 5 rings (SSSR count). The van der Waals surface area contributed by atoms with E-state index in [-0.39, 0.29) is 0 Å². The van der Waals surface area contributed by atoms with Crippen LogP contribution in [0.15, 0.2) is 78.9 Å². The molecule has 0 unspecified atom stereocenters. The van der Waals surface area contributed by atoms with Crippen LogP contribution in [-0.2, 0) is 0 Å². The van der Waals surface area contributed by atoms with E-state index >= 15 is 0 Å². The molecule has 3 aromatic carbocycles. The third-order valence-corrected chi connectivity index (χ3v) is 6.80. The molecule has 0 atom stereocenters. The summed E-state index contributed by atoms with van der Waals surface area (Å²) in [6.07, 6.45) is 0. The van der Waals surface area contributed by atoms with Gasteiger partial charge in [0.1, 0.15) is 5.69 Å². The average Bonchev–Trinajstić information content (AvgIpc) is 3.36. The van der Waals surface area contributed by atoms with E-state index < -0.39 is 0 Å². The number of halogens is 1. The van der Waals surface area contributed by atoms with Crippen LogP contribution < -0.4 is 0 Å². The third kappa shape index (κ3) is 3.77. The lowest BCUT2D eigenvalue weighted by Gasteiger charge is -2.05. The van der Waals surface area contributed by atoms with Crippen molar-refractivity contribution in [1.29, 1.82) is 0 Å². The van der Waals surface area contributed by atoms with Gasteiger partial charge >= 0.3 is 0 Å². The van der Waals surface area contributed by atoms with Gasteiger partial charge in [-0.05, 0) is 20.8 Å². The average molecular weight is 456 g/mol. The molecule has 3 nitrogen and oxygen atoms in total. The summed E-state index contributed by atoms with van der Waals surface area (Å²) in [6.45, 7) is 6.25. The van der Waals surface area contributed by atoms with Crippen molar-refractivity contribution in [3.8, 4) is 38.9 Å². The number of hydrogen-bond donors (Lipinski definition) is 0. The lowest BCUT2D eigenvalue weighted by molar-refractivity contribution is 0.881. The molecule has 158 valence electrons.